The number of amides is 1. The van der Waals surface area contributed by atoms with Gasteiger partial charge in [-0.25, -0.2) is 0 Å². The third-order valence-electron chi connectivity index (χ3n) is 5.82. The molecule has 0 radical (unpaired) electrons. The Kier molecular flexibility index (Phi) is 5.98. The first kappa shape index (κ1) is 20.8. The number of rotatable bonds is 6. The molecule has 1 unspecified atom stereocenters. The number of ether oxygens (including phenoxy) is 2. The van der Waals surface area contributed by atoms with Gasteiger partial charge in [0.05, 0.1) is 11.8 Å². The van der Waals surface area contributed by atoms with Crippen molar-refractivity contribution in [1.29, 1.82) is 0 Å². The lowest BCUT2D eigenvalue weighted by Gasteiger charge is -2.26. The summed E-state index contributed by atoms with van der Waals surface area (Å²) in [5.74, 6) is 2.77. The maximum atomic E-state index is 13.2. The van der Waals surface area contributed by atoms with Gasteiger partial charge < -0.3 is 18.9 Å². The highest BCUT2D eigenvalue weighted by Gasteiger charge is 2.31. The van der Waals surface area contributed by atoms with Crippen molar-refractivity contribution >= 4 is 17.7 Å². The zero-order valence-electron chi connectivity index (χ0n) is 17.9. The van der Waals surface area contributed by atoms with Gasteiger partial charge in [-0.15, -0.1) is 10.2 Å². The van der Waals surface area contributed by atoms with E-state index < -0.39 is 0 Å². The van der Waals surface area contributed by atoms with E-state index in [0.29, 0.717) is 19.0 Å². The second-order valence-electron chi connectivity index (χ2n) is 7.72. The molecule has 5 rings (SSSR count). The van der Waals surface area contributed by atoms with Gasteiger partial charge in [0.15, 0.2) is 22.5 Å². The van der Waals surface area contributed by atoms with Crippen LogP contribution in [-0.4, -0.2) is 56.1 Å². The summed E-state index contributed by atoms with van der Waals surface area (Å²) in [6.45, 7) is 4.67. The van der Waals surface area contributed by atoms with Crippen molar-refractivity contribution in [2.24, 2.45) is 0 Å². The van der Waals surface area contributed by atoms with E-state index in [0.717, 1.165) is 59.5 Å². The highest BCUT2D eigenvalue weighted by Crippen LogP contribution is 2.38. The summed E-state index contributed by atoms with van der Waals surface area (Å²) in [6.07, 6.45) is 5.43. The number of hydrogen-bond acceptors (Lipinski definition) is 7. The number of aromatic nitrogens is 4. The standard InChI is InChI=1S/C23H25N5O3S/c1-2-27-22(16-7-9-24-10-8-16)25-26-23(27)32-15-21(29)28-11-3-4-18(28)17-5-6-19-20(14-17)31-13-12-30-19/h5-10,14,18H,2-4,11-13,15H2,1H3. The number of nitrogens with zero attached hydrogens (tertiary/aromatic N) is 5. The number of likely N-dealkylation sites (tertiary alicyclic amines) is 1. The Morgan fingerprint density at radius 2 is 1.94 bits per heavy atom. The highest BCUT2D eigenvalue weighted by molar-refractivity contribution is 7.99. The fourth-order valence-electron chi connectivity index (χ4n) is 4.28. The van der Waals surface area contributed by atoms with Crippen LogP contribution in [-0.2, 0) is 11.3 Å². The van der Waals surface area contributed by atoms with Gasteiger partial charge in [-0.05, 0) is 49.6 Å². The van der Waals surface area contributed by atoms with E-state index in [4.69, 9.17) is 9.47 Å². The molecule has 0 N–H and O–H groups in total. The van der Waals surface area contributed by atoms with Crippen LogP contribution in [0.5, 0.6) is 11.5 Å². The fourth-order valence-corrected chi connectivity index (χ4v) is 5.17. The number of benzene rings is 1. The van der Waals surface area contributed by atoms with Crippen LogP contribution in [0.3, 0.4) is 0 Å². The van der Waals surface area contributed by atoms with Crippen LogP contribution in [0.1, 0.15) is 31.4 Å². The Balaban J connectivity index is 1.29. The molecule has 1 saturated heterocycles. The average Bonchev–Trinajstić information content (AvgIpc) is 3.50. The average molecular weight is 452 g/mol. The van der Waals surface area contributed by atoms with Crippen molar-refractivity contribution in [3.63, 3.8) is 0 Å². The van der Waals surface area contributed by atoms with Crippen molar-refractivity contribution < 1.29 is 14.3 Å². The lowest BCUT2D eigenvalue weighted by Crippen LogP contribution is -2.32. The molecule has 4 heterocycles. The van der Waals surface area contributed by atoms with Crippen LogP contribution in [0, 0.1) is 0 Å². The third kappa shape index (κ3) is 4.04. The first-order valence-electron chi connectivity index (χ1n) is 10.9. The lowest BCUT2D eigenvalue weighted by atomic mass is 10.0. The van der Waals surface area contributed by atoms with Crippen LogP contribution < -0.4 is 9.47 Å². The molecule has 2 aliphatic rings. The van der Waals surface area contributed by atoms with Crippen molar-refractivity contribution in [3.05, 3.63) is 48.3 Å². The summed E-state index contributed by atoms with van der Waals surface area (Å²) in [6, 6.07) is 9.91. The van der Waals surface area contributed by atoms with Gasteiger partial charge >= 0.3 is 0 Å². The van der Waals surface area contributed by atoms with Crippen LogP contribution in [0.4, 0.5) is 0 Å². The first-order chi connectivity index (χ1) is 15.7. The topological polar surface area (TPSA) is 82.4 Å². The zero-order chi connectivity index (χ0) is 21.9. The Bertz CT molecular complexity index is 1100. The Morgan fingerprint density at radius 3 is 2.75 bits per heavy atom. The minimum absolute atomic E-state index is 0.0651. The zero-order valence-corrected chi connectivity index (χ0v) is 18.8. The van der Waals surface area contributed by atoms with Crippen molar-refractivity contribution in [1.82, 2.24) is 24.6 Å². The fraction of sp³-hybridized carbons (Fsp3) is 0.391. The predicted octanol–water partition coefficient (Wildman–Crippen LogP) is 3.59. The number of hydrogen-bond donors (Lipinski definition) is 0. The Hall–Kier alpha value is -3.07. The molecule has 1 amide bonds. The number of thioether (sulfide) groups is 1. The van der Waals surface area contributed by atoms with Gasteiger partial charge in [0.2, 0.25) is 5.91 Å². The summed E-state index contributed by atoms with van der Waals surface area (Å²) in [7, 11) is 0. The summed E-state index contributed by atoms with van der Waals surface area (Å²) < 4.78 is 13.4. The number of fused-ring (bicyclic) bond motifs is 1. The van der Waals surface area contributed by atoms with E-state index in [9.17, 15) is 4.79 Å². The number of pyridine rings is 1. The van der Waals surface area contributed by atoms with Crippen molar-refractivity contribution in [2.75, 3.05) is 25.5 Å². The predicted molar refractivity (Wildman–Crippen MR) is 121 cm³/mol. The molecule has 2 aromatic heterocycles. The second kappa shape index (κ2) is 9.20. The van der Waals surface area contributed by atoms with E-state index in [1.807, 2.05) is 39.8 Å². The van der Waals surface area contributed by atoms with Gasteiger partial charge in [-0.3, -0.25) is 9.78 Å². The minimum Gasteiger partial charge on any atom is -0.486 e. The Labute approximate surface area is 191 Å². The lowest BCUT2D eigenvalue weighted by molar-refractivity contribution is -0.129. The normalized spacial score (nSPS) is 17.5. The molecule has 3 aromatic rings. The Morgan fingerprint density at radius 1 is 1.12 bits per heavy atom. The van der Waals surface area contributed by atoms with Crippen LogP contribution in [0.2, 0.25) is 0 Å². The van der Waals surface area contributed by atoms with Crippen LogP contribution in [0.25, 0.3) is 11.4 Å². The molecule has 32 heavy (non-hydrogen) atoms. The van der Waals surface area contributed by atoms with Gasteiger partial charge in [0.25, 0.3) is 0 Å². The molecule has 1 atom stereocenters. The molecule has 2 aliphatic heterocycles. The van der Waals surface area contributed by atoms with Gasteiger partial charge in [0.1, 0.15) is 13.2 Å². The molecule has 0 spiro atoms. The molecular weight excluding hydrogens is 426 g/mol. The van der Waals surface area contributed by atoms with Crippen molar-refractivity contribution in [3.8, 4) is 22.9 Å². The molecule has 9 heteroatoms. The van der Waals surface area contributed by atoms with Crippen LogP contribution >= 0.6 is 11.8 Å². The van der Waals surface area contributed by atoms with Crippen LogP contribution in [0.15, 0.2) is 47.9 Å². The number of carbonyl (C=O) groups excluding carboxylic acids is 1. The molecule has 0 bridgehead atoms. The molecule has 1 aromatic carbocycles. The molecule has 0 aliphatic carbocycles. The van der Waals surface area contributed by atoms with E-state index in [1.165, 1.54) is 11.8 Å². The highest BCUT2D eigenvalue weighted by atomic mass is 32.2. The smallest absolute Gasteiger partial charge is 0.233 e. The largest absolute Gasteiger partial charge is 0.486 e. The maximum absolute atomic E-state index is 13.2. The quantitative estimate of drug-likeness (QED) is 0.530. The van der Waals surface area contributed by atoms with Gasteiger partial charge in [-0.2, -0.15) is 0 Å². The van der Waals surface area contributed by atoms with E-state index in [1.54, 1.807) is 12.4 Å². The van der Waals surface area contributed by atoms with E-state index in [2.05, 4.69) is 22.1 Å². The van der Waals surface area contributed by atoms with Gasteiger partial charge in [-0.1, -0.05) is 17.8 Å². The molecule has 1 fully saturated rings. The summed E-state index contributed by atoms with van der Waals surface area (Å²) in [4.78, 5) is 19.2. The molecule has 166 valence electrons. The summed E-state index contributed by atoms with van der Waals surface area (Å²) >= 11 is 1.44. The minimum atomic E-state index is 0.0651. The van der Waals surface area contributed by atoms with E-state index >= 15 is 0 Å². The van der Waals surface area contributed by atoms with E-state index in [-0.39, 0.29) is 11.9 Å². The molecular formula is C23H25N5O3S. The van der Waals surface area contributed by atoms with Crippen molar-refractivity contribution in [2.45, 2.75) is 37.5 Å². The van der Waals surface area contributed by atoms with Gasteiger partial charge in [0, 0.05) is 31.0 Å². The molecule has 0 saturated carbocycles. The monoisotopic (exact) mass is 451 g/mol. The number of carbonyl (C=O) groups is 1. The SMILES string of the molecule is CCn1c(SCC(=O)N2CCCC2c2ccc3c(c2)OCCO3)nnc1-c1ccncc1. The molecule has 8 nitrogen and oxygen atoms in total. The second-order valence-corrected chi connectivity index (χ2v) is 8.67. The third-order valence-corrected chi connectivity index (χ3v) is 6.77. The first-order valence-corrected chi connectivity index (χ1v) is 11.9. The summed E-state index contributed by atoms with van der Waals surface area (Å²) in [5, 5.41) is 9.44. The maximum Gasteiger partial charge on any atom is 0.233 e. The summed E-state index contributed by atoms with van der Waals surface area (Å²) in [5.41, 5.74) is 2.06.